The second kappa shape index (κ2) is 5.49. The lowest BCUT2D eigenvalue weighted by Gasteiger charge is -2.12. The van der Waals surface area contributed by atoms with Gasteiger partial charge in [-0.1, -0.05) is 24.6 Å². The van der Waals surface area contributed by atoms with Crippen LogP contribution in [-0.4, -0.2) is 16.3 Å². The Balaban J connectivity index is 2.19. The Bertz CT molecular complexity index is 631. The van der Waals surface area contributed by atoms with Gasteiger partial charge in [0.2, 0.25) is 0 Å². The molecule has 1 aromatic heterocycles. The van der Waals surface area contributed by atoms with Crippen LogP contribution in [0.1, 0.15) is 36.6 Å². The van der Waals surface area contributed by atoms with Gasteiger partial charge in [-0.25, -0.2) is 4.68 Å². The van der Waals surface area contributed by atoms with Crippen LogP contribution < -0.4 is 5.32 Å². The summed E-state index contributed by atoms with van der Waals surface area (Å²) in [6.45, 7) is 5.23. The van der Waals surface area contributed by atoms with Crippen LogP contribution in [0, 0.1) is 6.92 Å². The predicted molar refractivity (Wildman–Crippen MR) is 84.1 cm³/mol. The maximum absolute atomic E-state index is 6.26. The molecule has 1 N–H and O–H groups in total. The Hall–Kier alpha value is -1.48. The summed E-state index contributed by atoms with van der Waals surface area (Å²) in [6, 6.07) is 6.00. The number of aryl methyl sites for hydroxylation is 1. The van der Waals surface area contributed by atoms with E-state index >= 15 is 0 Å². The summed E-state index contributed by atoms with van der Waals surface area (Å²) >= 11 is 6.26. The van der Waals surface area contributed by atoms with E-state index in [1.807, 2.05) is 23.7 Å². The standard InChI is InChI=1S/C16H20ClN3/c1-3-14-12-7-4-5-10-18-16(12)20(19-14)15-9-6-8-13(17)11(15)2/h6,8-9,18H,3-5,7,10H2,1-2H3. The number of hydrogen-bond donors (Lipinski definition) is 1. The van der Waals surface area contributed by atoms with E-state index < -0.39 is 0 Å². The minimum absolute atomic E-state index is 0.790. The molecule has 2 aromatic rings. The maximum atomic E-state index is 6.26. The molecular formula is C16H20ClN3. The number of anilines is 1. The van der Waals surface area contributed by atoms with Gasteiger partial charge in [-0.05, 0) is 50.3 Å². The van der Waals surface area contributed by atoms with E-state index in [0.29, 0.717) is 0 Å². The maximum Gasteiger partial charge on any atom is 0.133 e. The van der Waals surface area contributed by atoms with Crippen molar-refractivity contribution in [2.24, 2.45) is 0 Å². The first kappa shape index (κ1) is 13.5. The third-order valence-electron chi connectivity index (χ3n) is 4.01. The SMILES string of the molecule is CCc1nn(-c2cccc(Cl)c2C)c2c1CCCCN2. The van der Waals surface area contributed by atoms with Gasteiger partial charge in [-0.2, -0.15) is 5.10 Å². The number of hydrogen-bond acceptors (Lipinski definition) is 2. The lowest BCUT2D eigenvalue weighted by atomic mass is 10.1. The normalized spacial score (nSPS) is 14.6. The van der Waals surface area contributed by atoms with Crippen molar-refractivity contribution in [3.63, 3.8) is 0 Å². The van der Waals surface area contributed by atoms with Crippen LogP contribution in [0.15, 0.2) is 18.2 Å². The van der Waals surface area contributed by atoms with Crippen LogP contribution in [0.3, 0.4) is 0 Å². The van der Waals surface area contributed by atoms with Crippen LogP contribution in [0.25, 0.3) is 5.69 Å². The minimum Gasteiger partial charge on any atom is -0.370 e. The van der Waals surface area contributed by atoms with Crippen molar-refractivity contribution in [2.75, 3.05) is 11.9 Å². The average molecular weight is 290 g/mol. The van der Waals surface area contributed by atoms with E-state index in [0.717, 1.165) is 41.5 Å². The summed E-state index contributed by atoms with van der Waals surface area (Å²) in [4.78, 5) is 0. The van der Waals surface area contributed by atoms with Gasteiger partial charge in [0, 0.05) is 17.1 Å². The molecule has 1 aliphatic heterocycles. The Kier molecular flexibility index (Phi) is 3.70. The zero-order valence-corrected chi connectivity index (χ0v) is 12.8. The molecule has 106 valence electrons. The fourth-order valence-corrected chi connectivity index (χ4v) is 3.03. The highest BCUT2D eigenvalue weighted by Gasteiger charge is 2.20. The molecule has 0 bridgehead atoms. The van der Waals surface area contributed by atoms with Crippen LogP contribution in [0.4, 0.5) is 5.82 Å². The Morgan fingerprint density at radius 2 is 2.20 bits per heavy atom. The lowest BCUT2D eigenvalue weighted by Crippen LogP contribution is -2.08. The third-order valence-corrected chi connectivity index (χ3v) is 4.42. The molecule has 0 unspecified atom stereocenters. The lowest BCUT2D eigenvalue weighted by molar-refractivity contribution is 0.764. The van der Waals surface area contributed by atoms with Gasteiger partial charge in [0.25, 0.3) is 0 Å². The smallest absolute Gasteiger partial charge is 0.133 e. The highest BCUT2D eigenvalue weighted by molar-refractivity contribution is 6.31. The third kappa shape index (κ3) is 2.20. The molecule has 20 heavy (non-hydrogen) atoms. The topological polar surface area (TPSA) is 29.9 Å². The molecular weight excluding hydrogens is 270 g/mol. The van der Waals surface area contributed by atoms with Gasteiger partial charge in [0.05, 0.1) is 11.4 Å². The first-order valence-corrected chi connectivity index (χ1v) is 7.70. The number of fused-ring (bicyclic) bond motifs is 1. The number of benzene rings is 1. The molecule has 1 aromatic carbocycles. The van der Waals surface area contributed by atoms with Crippen LogP contribution in [0.2, 0.25) is 5.02 Å². The first-order chi connectivity index (χ1) is 9.72. The van der Waals surface area contributed by atoms with Crippen molar-refractivity contribution < 1.29 is 0 Å². The zero-order valence-electron chi connectivity index (χ0n) is 12.0. The summed E-state index contributed by atoms with van der Waals surface area (Å²) in [7, 11) is 0. The van der Waals surface area contributed by atoms with Gasteiger partial charge < -0.3 is 5.32 Å². The van der Waals surface area contributed by atoms with Crippen molar-refractivity contribution >= 4 is 17.4 Å². The summed E-state index contributed by atoms with van der Waals surface area (Å²) in [5, 5.41) is 9.16. The van der Waals surface area contributed by atoms with Gasteiger partial charge in [0.1, 0.15) is 5.82 Å². The largest absolute Gasteiger partial charge is 0.370 e. The Morgan fingerprint density at radius 1 is 1.35 bits per heavy atom. The molecule has 2 heterocycles. The summed E-state index contributed by atoms with van der Waals surface area (Å²) in [5.74, 6) is 1.16. The molecule has 0 fully saturated rings. The van der Waals surface area contributed by atoms with Crippen LogP contribution in [0.5, 0.6) is 0 Å². The van der Waals surface area contributed by atoms with Crippen molar-refractivity contribution in [3.8, 4) is 5.69 Å². The number of halogens is 1. The van der Waals surface area contributed by atoms with Gasteiger partial charge >= 0.3 is 0 Å². The van der Waals surface area contributed by atoms with Crippen molar-refractivity contribution in [3.05, 3.63) is 40.0 Å². The summed E-state index contributed by atoms with van der Waals surface area (Å²) < 4.78 is 2.04. The molecule has 0 saturated carbocycles. The first-order valence-electron chi connectivity index (χ1n) is 7.32. The Morgan fingerprint density at radius 3 is 3.00 bits per heavy atom. The summed E-state index contributed by atoms with van der Waals surface area (Å²) in [5.41, 5.74) is 4.73. The monoisotopic (exact) mass is 289 g/mol. The van der Waals surface area contributed by atoms with Gasteiger partial charge in [0.15, 0.2) is 0 Å². The molecule has 0 atom stereocenters. The minimum atomic E-state index is 0.790. The molecule has 0 aliphatic carbocycles. The fraction of sp³-hybridized carbons (Fsp3) is 0.438. The molecule has 0 spiro atoms. The van der Waals surface area contributed by atoms with Crippen LogP contribution in [-0.2, 0) is 12.8 Å². The van der Waals surface area contributed by atoms with E-state index in [4.69, 9.17) is 16.7 Å². The van der Waals surface area contributed by atoms with Crippen molar-refractivity contribution in [1.29, 1.82) is 0 Å². The molecule has 0 amide bonds. The second-order valence-electron chi connectivity index (χ2n) is 5.31. The van der Waals surface area contributed by atoms with Crippen LogP contribution >= 0.6 is 11.6 Å². The Labute approximate surface area is 124 Å². The second-order valence-corrected chi connectivity index (χ2v) is 5.71. The number of nitrogens with zero attached hydrogens (tertiary/aromatic N) is 2. The van der Waals surface area contributed by atoms with E-state index in [9.17, 15) is 0 Å². The van der Waals surface area contributed by atoms with E-state index in [1.165, 1.54) is 24.1 Å². The van der Waals surface area contributed by atoms with E-state index in [1.54, 1.807) is 0 Å². The summed E-state index contributed by atoms with van der Waals surface area (Å²) in [6.07, 6.45) is 4.53. The number of aromatic nitrogens is 2. The van der Waals surface area contributed by atoms with Crippen molar-refractivity contribution in [2.45, 2.75) is 39.5 Å². The molecule has 3 rings (SSSR count). The van der Waals surface area contributed by atoms with E-state index in [-0.39, 0.29) is 0 Å². The molecule has 4 heteroatoms. The quantitative estimate of drug-likeness (QED) is 0.900. The fourth-order valence-electron chi connectivity index (χ4n) is 2.86. The highest BCUT2D eigenvalue weighted by Crippen LogP contribution is 2.31. The molecule has 1 aliphatic rings. The molecule has 3 nitrogen and oxygen atoms in total. The van der Waals surface area contributed by atoms with Gasteiger partial charge in [-0.3, -0.25) is 0 Å². The van der Waals surface area contributed by atoms with Crippen molar-refractivity contribution in [1.82, 2.24) is 9.78 Å². The van der Waals surface area contributed by atoms with Gasteiger partial charge in [-0.15, -0.1) is 0 Å². The van der Waals surface area contributed by atoms with E-state index in [2.05, 4.69) is 18.3 Å². The molecule has 0 radical (unpaired) electrons. The number of nitrogens with one attached hydrogen (secondary N) is 1. The predicted octanol–water partition coefficient (Wildman–Crippen LogP) is 4.14. The average Bonchev–Trinajstić information content (AvgIpc) is 2.63. The highest BCUT2D eigenvalue weighted by atomic mass is 35.5. The zero-order chi connectivity index (χ0) is 14.1. The molecule has 0 saturated heterocycles. The number of rotatable bonds is 2.